The van der Waals surface area contributed by atoms with Crippen molar-refractivity contribution in [3.8, 4) is 0 Å². The molecule has 0 fully saturated rings. The molecule has 1 amide bonds. The first-order valence-electron chi connectivity index (χ1n) is 5.43. The van der Waals surface area contributed by atoms with Crippen molar-refractivity contribution in [3.63, 3.8) is 0 Å². The molecule has 2 rings (SSSR count). The van der Waals surface area contributed by atoms with Gasteiger partial charge < -0.3 is 10.4 Å². The fourth-order valence-electron chi connectivity index (χ4n) is 1.54. The van der Waals surface area contributed by atoms with Crippen molar-refractivity contribution in [1.29, 1.82) is 0 Å². The second-order valence-corrected chi connectivity index (χ2v) is 4.73. The summed E-state index contributed by atoms with van der Waals surface area (Å²) in [6.07, 6.45) is 1.16. The van der Waals surface area contributed by atoms with Gasteiger partial charge in [-0.05, 0) is 24.3 Å². The summed E-state index contributed by atoms with van der Waals surface area (Å²) in [6, 6.07) is 6.66. The van der Waals surface area contributed by atoms with E-state index in [4.69, 9.17) is 5.11 Å². The Kier molecular flexibility index (Phi) is 4.09. The predicted octanol–water partition coefficient (Wildman–Crippen LogP) is 2.93. The molecular weight excluding hydrogens is 331 g/mol. The van der Waals surface area contributed by atoms with E-state index in [-0.39, 0.29) is 16.8 Å². The van der Waals surface area contributed by atoms with Crippen LogP contribution in [0.25, 0.3) is 0 Å². The Morgan fingerprint density at radius 3 is 2.65 bits per heavy atom. The van der Waals surface area contributed by atoms with E-state index in [0.717, 1.165) is 12.3 Å². The molecule has 0 saturated carbocycles. The third-order valence-electron chi connectivity index (χ3n) is 2.45. The zero-order chi connectivity index (χ0) is 14.7. The highest BCUT2D eigenvalue weighted by Crippen LogP contribution is 2.22. The molecule has 0 unspecified atom stereocenters. The third-order valence-corrected chi connectivity index (χ3v) is 2.94. The van der Waals surface area contributed by atoms with Crippen LogP contribution in [0.15, 0.2) is 41.0 Å². The number of carboxylic acids is 1. The average Bonchev–Trinajstić information content (AvgIpc) is 2.38. The third kappa shape index (κ3) is 3.18. The summed E-state index contributed by atoms with van der Waals surface area (Å²) >= 11 is 3.19. The minimum Gasteiger partial charge on any atom is -0.478 e. The lowest BCUT2D eigenvalue weighted by Gasteiger charge is -2.09. The highest BCUT2D eigenvalue weighted by atomic mass is 79.9. The van der Waals surface area contributed by atoms with Gasteiger partial charge in [-0.2, -0.15) is 4.39 Å². The number of pyridine rings is 1. The van der Waals surface area contributed by atoms with E-state index >= 15 is 0 Å². The van der Waals surface area contributed by atoms with Gasteiger partial charge in [-0.3, -0.25) is 4.79 Å². The van der Waals surface area contributed by atoms with Crippen LogP contribution >= 0.6 is 15.9 Å². The summed E-state index contributed by atoms with van der Waals surface area (Å²) in [5.74, 6) is -2.58. The number of carbonyl (C=O) groups excluding carboxylic acids is 1. The van der Waals surface area contributed by atoms with Gasteiger partial charge in [-0.1, -0.05) is 15.9 Å². The SMILES string of the molecule is O=C(Nc1cc(Br)ccc1C(=O)O)c1ccnc(F)c1. The Balaban J connectivity index is 2.32. The summed E-state index contributed by atoms with van der Waals surface area (Å²) in [4.78, 5) is 26.3. The Bertz CT molecular complexity index is 691. The van der Waals surface area contributed by atoms with E-state index in [2.05, 4.69) is 26.2 Å². The molecule has 1 aromatic heterocycles. The van der Waals surface area contributed by atoms with Crippen LogP contribution in [0.3, 0.4) is 0 Å². The molecule has 2 N–H and O–H groups in total. The van der Waals surface area contributed by atoms with Gasteiger partial charge in [0.25, 0.3) is 5.91 Å². The number of halogens is 2. The van der Waals surface area contributed by atoms with Crippen LogP contribution in [0.4, 0.5) is 10.1 Å². The summed E-state index contributed by atoms with van der Waals surface area (Å²) in [5.41, 5.74) is 0.110. The Morgan fingerprint density at radius 1 is 1.25 bits per heavy atom. The molecule has 0 aliphatic carbocycles. The van der Waals surface area contributed by atoms with E-state index < -0.39 is 17.8 Å². The number of benzene rings is 1. The number of nitrogens with zero attached hydrogens (tertiary/aromatic N) is 1. The number of aromatic carboxylic acids is 1. The number of carboxylic acid groups (broad SMARTS) is 1. The molecule has 0 atom stereocenters. The number of hydrogen-bond donors (Lipinski definition) is 2. The summed E-state index contributed by atoms with van der Waals surface area (Å²) in [7, 11) is 0. The first-order valence-corrected chi connectivity index (χ1v) is 6.22. The zero-order valence-corrected chi connectivity index (χ0v) is 11.5. The molecule has 0 aliphatic heterocycles. The van der Waals surface area contributed by atoms with E-state index in [0.29, 0.717) is 4.47 Å². The Labute approximate surface area is 121 Å². The van der Waals surface area contributed by atoms with Crippen LogP contribution in [-0.2, 0) is 0 Å². The maximum Gasteiger partial charge on any atom is 0.337 e. The second-order valence-electron chi connectivity index (χ2n) is 3.82. The number of hydrogen-bond acceptors (Lipinski definition) is 3. The van der Waals surface area contributed by atoms with Crippen molar-refractivity contribution < 1.29 is 19.1 Å². The van der Waals surface area contributed by atoms with Gasteiger partial charge in [0.2, 0.25) is 5.95 Å². The lowest BCUT2D eigenvalue weighted by atomic mass is 10.1. The highest BCUT2D eigenvalue weighted by Gasteiger charge is 2.14. The van der Waals surface area contributed by atoms with Crippen LogP contribution in [0, 0.1) is 5.95 Å². The highest BCUT2D eigenvalue weighted by molar-refractivity contribution is 9.10. The van der Waals surface area contributed by atoms with Gasteiger partial charge in [0.05, 0.1) is 11.3 Å². The van der Waals surface area contributed by atoms with Crippen LogP contribution in [-0.4, -0.2) is 22.0 Å². The molecule has 102 valence electrons. The zero-order valence-electron chi connectivity index (χ0n) is 9.93. The fourth-order valence-corrected chi connectivity index (χ4v) is 1.91. The normalized spacial score (nSPS) is 10.1. The lowest BCUT2D eigenvalue weighted by molar-refractivity contribution is 0.0698. The van der Waals surface area contributed by atoms with Gasteiger partial charge in [-0.15, -0.1) is 0 Å². The van der Waals surface area contributed by atoms with Gasteiger partial charge in [0, 0.05) is 22.3 Å². The minimum atomic E-state index is -1.17. The van der Waals surface area contributed by atoms with Crippen molar-refractivity contribution in [2.45, 2.75) is 0 Å². The number of carbonyl (C=O) groups is 2. The first-order chi connectivity index (χ1) is 9.47. The van der Waals surface area contributed by atoms with Gasteiger partial charge in [0.15, 0.2) is 0 Å². The smallest absolute Gasteiger partial charge is 0.337 e. The quantitative estimate of drug-likeness (QED) is 0.843. The van der Waals surface area contributed by atoms with Crippen LogP contribution < -0.4 is 5.32 Å². The minimum absolute atomic E-state index is 0.0498. The number of aromatic nitrogens is 1. The molecule has 0 bridgehead atoms. The first kappa shape index (κ1) is 14.1. The topological polar surface area (TPSA) is 79.3 Å². The van der Waals surface area contributed by atoms with Gasteiger partial charge in [0.1, 0.15) is 0 Å². The van der Waals surface area contributed by atoms with Crippen LogP contribution in [0.5, 0.6) is 0 Å². The van der Waals surface area contributed by atoms with Crippen molar-refractivity contribution >= 4 is 33.5 Å². The van der Waals surface area contributed by atoms with Gasteiger partial charge in [-0.25, -0.2) is 9.78 Å². The molecule has 5 nitrogen and oxygen atoms in total. The molecule has 0 spiro atoms. The predicted molar refractivity (Wildman–Crippen MR) is 73.2 cm³/mol. The maximum atomic E-state index is 12.9. The van der Waals surface area contributed by atoms with Crippen LogP contribution in [0.1, 0.15) is 20.7 Å². The largest absolute Gasteiger partial charge is 0.478 e. The molecular formula is C13H8BrFN2O3. The van der Waals surface area contributed by atoms with E-state index in [1.807, 2.05) is 0 Å². The summed E-state index contributed by atoms with van der Waals surface area (Å²) in [6.45, 7) is 0. The molecule has 0 aliphatic rings. The number of nitrogens with one attached hydrogen (secondary N) is 1. The Morgan fingerprint density at radius 2 is 2.00 bits per heavy atom. The average molecular weight is 339 g/mol. The van der Waals surface area contributed by atoms with E-state index in [1.165, 1.54) is 18.2 Å². The van der Waals surface area contributed by atoms with Crippen molar-refractivity contribution in [2.75, 3.05) is 5.32 Å². The molecule has 20 heavy (non-hydrogen) atoms. The number of rotatable bonds is 3. The lowest BCUT2D eigenvalue weighted by Crippen LogP contribution is -2.15. The standard InChI is InChI=1S/C13H8BrFN2O3/c14-8-1-2-9(13(19)20)10(6-8)17-12(18)7-3-4-16-11(15)5-7/h1-6H,(H,17,18)(H,19,20). The van der Waals surface area contributed by atoms with E-state index in [9.17, 15) is 14.0 Å². The summed E-state index contributed by atoms with van der Waals surface area (Å²) < 4.78 is 13.6. The molecule has 1 heterocycles. The Hall–Kier alpha value is -2.28. The van der Waals surface area contributed by atoms with Crippen LogP contribution in [0.2, 0.25) is 0 Å². The molecule has 1 aromatic carbocycles. The molecule has 0 radical (unpaired) electrons. The van der Waals surface area contributed by atoms with Gasteiger partial charge >= 0.3 is 5.97 Å². The molecule has 7 heteroatoms. The summed E-state index contributed by atoms with van der Waals surface area (Å²) in [5, 5.41) is 11.5. The molecule has 2 aromatic rings. The van der Waals surface area contributed by atoms with Crippen molar-refractivity contribution in [1.82, 2.24) is 4.98 Å². The number of anilines is 1. The molecule has 0 saturated heterocycles. The maximum absolute atomic E-state index is 12.9. The van der Waals surface area contributed by atoms with Crippen molar-refractivity contribution in [3.05, 3.63) is 58.1 Å². The van der Waals surface area contributed by atoms with Crippen molar-refractivity contribution in [2.24, 2.45) is 0 Å². The second kappa shape index (κ2) is 5.79. The monoisotopic (exact) mass is 338 g/mol. The fraction of sp³-hybridized carbons (Fsp3) is 0. The number of amides is 1. The van der Waals surface area contributed by atoms with E-state index in [1.54, 1.807) is 6.07 Å².